The Hall–Kier alpha value is -4.53. The fraction of sp³-hybridized carbons (Fsp3) is 0.0645. The maximum absolute atomic E-state index is 13.1. The van der Waals surface area contributed by atoms with Crippen LogP contribution in [-0.4, -0.2) is 17.1 Å². The number of carbonyl (C=O) groups is 1. The molecule has 40 heavy (non-hydrogen) atoms. The fourth-order valence-corrected chi connectivity index (χ4v) is 4.66. The second-order valence-electron chi connectivity index (χ2n) is 8.90. The highest BCUT2D eigenvalue weighted by atomic mass is 35.5. The zero-order chi connectivity index (χ0) is 27.9. The molecule has 1 heterocycles. The minimum atomic E-state index is -0.362. The molecule has 0 unspecified atom stereocenters. The largest absolute Gasteiger partial charge is 0.488 e. The first-order chi connectivity index (χ1) is 19.4. The van der Waals surface area contributed by atoms with Gasteiger partial charge >= 0.3 is 0 Å². The maximum atomic E-state index is 13.1. The van der Waals surface area contributed by atoms with E-state index < -0.39 is 0 Å². The van der Waals surface area contributed by atoms with Gasteiger partial charge in [-0.1, -0.05) is 53.6 Å². The number of thiazole rings is 1. The lowest BCUT2D eigenvalue weighted by Crippen LogP contribution is -2.17. The first-order valence-corrected chi connectivity index (χ1v) is 13.6. The van der Waals surface area contributed by atoms with Crippen molar-refractivity contribution < 1.29 is 13.9 Å². The number of ether oxygens (including phenoxy) is 1. The van der Waals surface area contributed by atoms with Crippen LogP contribution in [0.5, 0.6) is 5.75 Å². The minimum Gasteiger partial charge on any atom is -0.488 e. The van der Waals surface area contributed by atoms with E-state index in [9.17, 15) is 9.18 Å². The van der Waals surface area contributed by atoms with Crippen LogP contribution in [0.2, 0.25) is 5.02 Å². The SMILES string of the molecule is Cc1ccc(Nc2nc(-c3ccc(C(=O)N/N=C\c4cc(Cl)ccc4OCc4ccc(F)cc4)cc3)cs2)cc1. The third-order valence-corrected chi connectivity index (χ3v) is 6.89. The van der Waals surface area contributed by atoms with Gasteiger partial charge in [-0.2, -0.15) is 5.10 Å². The number of anilines is 2. The average molecular weight is 571 g/mol. The first kappa shape index (κ1) is 27.1. The number of amides is 1. The van der Waals surface area contributed by atoms with Crippen LogP contribution in [0.15, 0.2) is 101 Å². The van der Waals surface area contributed by atoms with Crippen molar-refractivity contribution >= 4 is 45.9 Å². The number of aromatic nitrogens is 1. The molecule has 0 saturated carbocycles. The molecule has 2 N–H and O–H groups in total. The van der Waals surface area contributed by atoms with Gasteiger partial charge in [-0.3, -0.25) is 4.79 Å². The van der Waals surface area contributed by atoms with E-state index in [1.54, 1.807) is 42.5 Å². The number of aryl methyl sites for hydroxylation is 1. The van der Waals surface area contributed by atoms with E-state index in [0.717, 1.165) is 27.6 Å². The number of halogens is 2. The van der Waals surface area contributed by atoms with E-state index in [-0.39, 0.29) is 18.3 Å². The normalized spacial score (nSPS) is 11.0. The van der Waals surface area contributed by atoms with Crippen LogP contribution < -0.4 is 15.5 Å². The van der Waals surface area contributed by atoms with Crippen molar-refractivity contribution in [1.29, 1.82) is 0 Å². The van der Waals surface area contributed by atoms with Crippen LogP contribution in [0.4, 0.5) is 15.2 Å². The maximum Gasteiger partial charge on any atom is 0.271 e. The summed E-state index contributed by atoms with van der Waals surface area (Å²) in [6, 6.07) is 26.4. The van der Waals surface area contributed by atoms with Crippen molar-refractivity contribution in [3.05, 3.63) is 129 Å². The van der Waals surface area contributed by atoms with Gasteiger partial charge in [0.15, 0.2) is 5.13 Å². The molecule has 0 atom stereocenters. The van der Waals surface area contributed by atoms with Gasteiger partial charge in [-0.25, -0.2) is 14.8 Å². The van der Waals surface area contributed by atoms with Crippen molar-refractivity contribution in [2.45, 2.75) is 13.5 Å². The Bertz CT molecular complexity index is 1640. The molecule has 0 radical (unpaired) electrons. The van der Waals surface area contributed by atoms with Gasteiger partial charge in [-0.15, -0.1) is 11.3 Å². The average Bonchev–Trinajstić information content (AvgIpc) is 3.43. The minimum absolute atomic E-state index is 0.240. The molecule has 0 aliphatic carbocycles. The number of nitrogens with one attached hydrogen (secondary N) is 2. The Morgan fingerprint density at radius 1 is 1.02 bits per heavy atom. The van der Waals surface area contributed by atoms with E-state index in [4.69, 9.17) is 16.3 Å². The lowest BCUT2D eigenvalue weighted by molar-refractivity contribution is 0.0955. The lowest BCUT2D eigenvalue weighted by atomic mass is 10.1. The molecule has 5 rings (SSSR count). The highest BCUT2D eigenvalue weighted by molar-refractivity contribution is 7.14. The van der Waals surface area contributed by atoms with Gasteiger partial charge in [0.25, 0.3) is 5.91 Å². The molecule has 1 aromatic heterocycles. The molecule has 5 aromatic rings. The zero-order valence-corrected chi connectivity index (χ0v) is 23.0. The summed E-state index contributed by atoms with van der Waals surface area (Å²) in [4.78, 5) is 17.3. The van der Waals surface area contributed by atoms with Crippen molar-refractivity contribution in [2.24, 2.45) is 5.10 Å². The van der Waals surface area contributed by atoms with Crippen molar-refractivity contribution in [3.8, 4) is 17.0 Å². The Kier molecular flexibility index (Phi) is 8.49. The highest BCUT2D eigenvalue weighted by Crippen LogP contribution is 2.28. The van der Waals surface area contributed by atoms with Gasteiger partial charge in [0, 0.05) is 32.8 Å². The summed E-state index contributed by atoms with van der Waals surface area (Å²) in [6.07, 6.45) is 1.47. The summed E-state index contributed by atoms with van der Waals surface area (Å²) >= 11 is 7.66. The fourth-order valence-electron chi connectivity index (χ4n) is 3.73. The number of carbonyl (C=O) groups excluding carboxylic acids is 1. The number of hydrogen-bond acceptors (Lipinski definition) is 6. The van der Waals surface area contributed by atoms with E-state index in [2.05, 4.69) is 20.8 Å². The molecule has 0 saturated heterocycles. The Labute approximate surface area is 240 Å². The third-order valence-electron chi connectivity index (χ3n) is 5.90. The summed E-state index contributed by atoms with van der Waals surface area (Å²) in [5.41, 5.74) is 8.27. The zero-order valence-electron chi connectivity index (χ0n) is 21.4. The number of hydrogen-bond donors (Lipinski definition) is 2. The van der Waals surface area contributed by atoms with Gasteiger partial charge in [0.1, 0.15) is 18.2 Å². The van der Waals surface area contributed by atoms with Crippen LogP contribution in [0.3, 0.4) is 0 Å². The number of rotatable bonds is 9. The van der Waals surface area contributed by atoms with Crippen LogP contribution >= 0.6 is 22.9 Å². The smallest absolute Gasteiger partial charge is 0.271 e. The summed E-state index contributed by atoms with van der Waals surface area (Å²) in [5, 5.41) is 10.6. The quantitative estimate of drug-likeness (QED) is 0.139. The Morgan fingerprint density at radius 3 is 2.52 bits per heavy atom. The van der Waals surface area contributed by atoms with E-state index >= 15 is 0 Å². The van der Waals surface area contributed by atoms with Crippen LogP contribution in [0.1, 0.15) is 27.0 Å². The molecule has 0 bridgehead atoms. The summed E-state index contributed by atoms with van der Waals surface area (Å²) in [5.74, 6) is -0.147. The second kappa shape index (κ2) is 12.5. The molecule has 1 amide bonds. The molecular weight excluding hydrogens is 547 g/mol. The van der Waals surface area contributed by atoms with Crippen LogP contribution in [-0.2, 0) is 6.61 Å². The van der Waals surface area contributed by atoms with E-state index in [1.807, 2.05) is 48.7 Å². The van der Waals surface area contributed by atoms with Gasteiger partial charge in [0.2, 0.25) is 0 Å². The monoisotopic (exact) mass is 570 g/mol. The predicted molar refractivity (Wildman–Crippen MR) is 159 cm³/mol. The standard InChI is InChI=1S/C31H24ClFN4O2S/c1-20-2-13-27(14-3-20)35-31-36-28(19-40-31)22-6-8-23(9-7-22)30(38)37-34-17-24-16-25(32)10-15-29(24)39-18-21-4-11-26(33)12-5-21/h2-17,19H,18H2,1H3,(H,35,36)(H,37,38)/b34-17-. The molecule has 9 heteroatoms. The Morgan fingerprint density at radius 2 is 1.77 bits per heavy atom. The van der Waals surface area contributed by atoms with Gasteiger partial charge in [-0.05, 0) is 67.1 Å². The topological polar surface area (TPSA) is 75.6 Å². The summed E-state index contributed by atoms with van der Waals surface area (Å²) in [7, 11) is 0. The molecule has 0 aliphatic heterocycles. The van der Waals surface area contributed by atoms with Crippen molar-refractivity contribution in [3.63, 3.8) is 0 Å². The van der Waals surface area contributed by atoms with Crippen LogP contribution in [0.25, 0.3) is 11.3 Å². The number of nitrogens with zero attached hydrogens (tertiary/aromatic N) is 2. The molecular formula is C31H24ClFN4O2S. The van der Waals surface area contributed by atoms with Crippen molar-refractivity contribution in [1.82, 2.24) is 10.4 Å². The van der Waals surface area contributed by atoms with Gasteiger partial charge < -0.3 is 10.1 Å². The molecule has 4 aromatic carbocycles. The Balaban J connectivity index is 1.19. The molecule has 0 fully saturated rings. The second-order valence-corrected chi connectivity index (χ2v) is 10.2. The van der Waals surface area contributed by atoms with Gasteiger partial charge in [0.05, 0.1) is 11.9 Å². The lowest BCUT2D eigenvalue weighted by Gasteiger charge is -2.10. The molecule has 0 spiro atoms. The van der Waals surface area contributed by atoms with Crippen molar-refractivity contribution in [2.75, 3.05) is 5.32 Å². The number of benzene rings is 4. The van der Waals surface area contributed by atoms with E-state index in [0.29, 0.717) is 21.9 Å². The predicted octanol–water partition coefficient (Wildman–Crippen LogP) is 8.00. The third kappa shape index (κ3) is 7.11. The molecule has 0 aliphatic rings. The molecule has 6 nitrogen and oxygen atoms in total. The van der Waals surface area contributed by atoms with Crippen LogP contribution in [0, 0.1) is 12.7 Å². The summed E-state index contributed by atoms with van der Waals surface area (Å²) in [6.45, 7) is 2.29. The summed E-state index contributed by atoms with van der Waals surface area (Å²) < 4.78 is 19.0. The molecule has 200 valence electrons. The number of hydrazone groups is 1. The van der Waals surface area contributed by atoms with E-state index in [1.165, 1.54) is 35.2 Å². The first-order valence-electron chi connectivity index (χ1n) is 12.3. The highest BCUT2D eigenvalue weighted by Gasteiger charge is 2.09.